The Morgan fingerprint density at radius 3 is 2.47 bits per heavy atom. The molecule has 104 valence electrons. The van der Waals surface area contributed by atoms with E-state index in [4.69, 9.17) is 4.74 Å². The normalized spacial score (nSPS) is 16.3. The number of hydrogen-bond acceptors (Lipinski definition) is 2. The van der Waals surface area contributed by atoms with Crippen LogP contribution in [0.15, 0.2) is 18.2 Å². The van der Waals surface area contributed by atoms with E-state index in [0.717, 1.165) is 38.2 Å². The van der Waals surface area contributed by atoms with Crippen molar-refractivity contribution in [2.45, 2.75) is 39.5 Å². The van der Waals surface area contributed by atoms with Gasteiger partial charge >= 0.3 is 0 Å². The van der Waals surface area contributed by atoms with Crippen molar-refractivity contribution in [3.8, 4) is 0 Å². The highest BCUT2D eigenvalue weighted by Gasteiger charge is 2.15. The van der Waals surface area contributed by atoms with Gasteiger partial charge in [0.25, 0.3) is 0 Å². The monoisotopic (exact) mass is 261 g/mol. The highest BCUT2D eigenvalue weighted by molar-refractivity contribution is 5.90. The van der Waals surface area contributed by atoms with Gasteiger partial charge in [0.05, 0.1) is 0 Å². The first-order valence-electron chi connectivity index (χ1n) is 7.09. The molecule has 19 heavy (non-hydrogen) atoms. The molecule has 1 amide bonds. The molecule has 0 spiro atoms. The van der Waals surface area contributed by atoms with Crippen molar-refractivity contribution in [3.63, 3.8) is 0 Å². The summed E-state index contributed by atoms with van der Waals surface area (Å²) in [7, 11) is 0. The van der Waals surface area contributed by atoms with Crippen LogP contribution in [0.4, 0.5) is 5.69 Å². The van der Waals surface area contributed by atoms with Crippen LogP contribution in [0, 0.1) is 19.8 Å². The van der Waals surface area contributed by atoms with Crippen LogP contribution in [-0.4, -0.2) is 19.1 Å². The van der Waals surface area contributed by atoms with Crippen molar-refractivity contribution in [3.05, 3.63) is 29.3 Å². The fraction of sp³-hybridized carbons (Fsp3) is 0.562. The molecule has 0 unspecified atom stereocenters. The summed E-state index contributed by atoms with van der Waals surface area (Å²) in [6, 6.07) is 6.14. The Morgan fingerprint density at radius 2 is 1.84 bits per heavy atom. The van der Waals surface area contributed by atoms with E-state index in [0.29, 0.717) is 12.3 Å². The van der Waals surface area contributed by atoms with E-state index >= 15 is 0 Å². The molecule has 3 nitrogen and oxygen atoms in total. The maximum absolute atomic E-state index is 11.9. The quantitative estimate of drug-likeness (QED) is 0.901. The number of rotatable bonds is 4. The Labute approximate surface area is 115 Å². The minimum Gasteiger partial charge on any atom is -0.381 e. The minimum atomic E-state index is 0.122. The number of amides is 1. The Balaban J connectivity index is 1.80. The van der Waals surface area contributed by atoms with Gasteiger partial charge in [-0.15, -0.1) is 0 Å². The summed E-state index contributed by atoms with van der Waals surface area (Å²) in [4.78, 5) is 11.9. The number of anilines is 1. The number of carbonyl (C=O) groups is 1. The van der Waals surface area contributed by atoms with Crippen LogP contribution in [0.3, 0.4) is 0 Å². The summed E-state index contributed by atoms with van der Waals surface area (Å²) in [5.41, 5.74) is 3.27. The molecular weight excluding hydrogens is 238 g/mol. The van der Waals surface area contributed by atoms with E-state index < -0.39 is 0 Å². The summed E-state index contributed by atoms with van der Waals surface area (Å²) in [5, 5.41) is 2.99. The van der Waals surface area contributed by atoms with Crippen molar-refractivity contribution in [1.29, 1.82) is 0 Å². The maximum Gasteiger partial charge on any atom is 0.224 e. The topological polar surface area (TPSA) is 38.3 Å². The van der Waals surface area contributed by atoms with Gasteiger partial charge in [-0.25, -0.2) is 0 Å². The lowest BCUT2D eigenvalue weighted by Crippen LogP contribution is -2.18. The molecule has 1 aliphatic heterocycles. The van der Waals surface area contributed by atoms with Gasteiger partial charge in [-0.05, 0) is 62.3 Å². The minimum absolute atomic E-state index is 0.122. The Morgan fingerprint density at radius 1 is 1.21 bits per heavy atom. The van der Waals surface area contributed by atoms with Crippen LogP contribution in [0.1, 0.15) is 36.8 Å². The molecule has 1 fully saturated rings. The van der Waals surface area contributed by atoms with Crippen molar-refractivity contribution in [1.82, 2.24) is 0 Å². The smallest absolute Gasteiger partial charge is 0.224 e. The number of carbonyl (C=O) groups excluding carboxylic acids is 1. The van der Waals surface area contributed by atoms with E-state index in [9.17, 15) is 4.79 Å². The maximum atomic E-state index is 11.9. The Bertz CT molecular complexity index is 416. The van der Waals surface area contributed by atoms with Gasteiger partial charge in [-0.1, -0.05) is 6.07 Å². The van der Waals surface area contributed by atoms with Gasteiger partial charge < -0.3 is 10.1 Å². The van der Waals surface area contributed by atoms with E-state index in [1.165, 1.54) is 11.1 Å². The van der Waals surface area contributed by atoms with Gasteiger partial charge in [-0.2, -0.15) is 0 Å². The van der Waals surface area contributed by atoms with Crippen molar-refractivity contribution in [2.24, 2.45) is 5.92 Å². The molecule has 0 atom stereocenters. The summed E-state index contributed by atoms with van der Waals surface area (Å²) < 4.78 is 5.33. The fourth-order valence-corrected chi connectivity index (χ4v) is 2.64. The molecule has 1 N–H and O–H groups in total. The first-order chi connectivity index (χ1) is 9.13. The number of aryl methyl sites for hydroxylation is 2. The second kappa shape index (κ2) is 6.71. The predicted molar refractivity (Wildman–Crippen MR) is 77.3 cm³/mol. The Hall–Kier alpha value is -1.35. The number of ether oxygens (including phenoxy) is 1. The number of benzene rings is 1. The van der Waals surface area contributed by atoms with Gasteiger partial charge in [0.15, 0.2) is 0 Å². The van der Waals surface area contributed by atoms with E-state index in [1.807, 2.05) is 26.0 Å². The molecule has 2 rings (SSSR count). The zero-order valence-electron chi connectivity index (χ0n) is 11.9. The molecular formula is C16H23NO2. The van der Waals surface area contributed by atoms with Crippen molar-refractivity contribution < 1.29 is 9.53 Å². The highest BCUT2D eigenvalue weighted by atomic mass is 16.5. The average molecular weight is 261 g/mol. The van der Waals surface area contributed by atoms with Crippen LogP contribution in [0.25, 0.3) is 0 Å². The Kier molecular flexibility index (Phi) is 4.97. The van der Waals surface area contributed by atoms with Crippen molar-refractivity contribution in [2.75, 3.05) is 18.5 Å². The van der Waals surface area contributed by atoms with Crippen LogP contribution < -0.4 is 5.32 Å². The molecule has 1 heterocycles. The first kappa shape index (κ1) is 14.1. The molecule has 1 aliphatic rings. The summed E-state index contributed by atoms with van der Waals surface area (Å²) in [5.74, 6) is 0.773. The zero-order chi connectivity index (χ0) is 13.7. The van der Waals surface area contributed by atoms with Crippen LogP contribution in [0.2, 0.25) is 0 Å². The van der Waals surface area contributed by atoms with Gasteiger partial charge in [0.2, 0.25) is 5.91 Å². The van der Waals surface area contributed by atoms with Crippen molar-refractivity contribution >= 4 is 11.6 Å². The average Bonchev–Trinajstić information content (AvgIpc) is 2.36. The number of hydrogen-bond donors (Lipinski definition) is 1. The molecule has 0 bridgehead atoms. The molecule has 0 aliphatic carbocycles. The molecule has 1 aromatic rings. The lowest BCUT2D eigenvalue weighted by molar-refractivity contribution is -0.116. The van der Waals surface area contributed by atoms with E-state index in [-0.39, 0.29) is 5.91 Å². The lowest BCUT2D eigenvalue weighted by atomic mass is 9.95. The molecule has 3 heteroatoms. The van der Waals surface area contributed by atoms with Crippen LogP contribution in [-0.2, 0) is 9.53 Å². The third kappa shape index (κ3) is 4.67. The second-order valence-corrected chi connectivity index (χ2v) is 5.52. The highest BCUT2D eigenvalue weighted by Crippen LogP contribution is 2.20. The van der Waals surface area contributed by atoms with E-state index in [2.05, 4.69) is 11.4 Å². The molecule has 0 radical (unpaired) electrons. The summed E-state index contributed by atoms with van der Waals surface area (Å²) in [6.07, 6.45) is 3.77. The third-order valence-corrected chi connectivity index (χ3v) is 3.63. The second-order valence-electron chi connectivity index (χ2n) is 5.52. The lowest BCUT2D eigenvalue weighted by Gasteiger charge is -2.21. The van der Waals surface area contributed by atoms with Crippen LogP contribution >= 0.6 is 0 Å². The standard InChI is InChI=1S/C16H23NO2/c1-12-9-13(2)11-15(10-12)17-16(18)4-3-14-5-7-19-8-6-14/h9-11,14H,3-8H2,1-2H3,(H,17,18). The molecule has 0 saturated carbocycles. The first-order valence-corrected chi connectivity index (χ1v) is 7.09. The fourth-order valence-electron chi connectivity index (χ4n) is 2.64. The largest absolute Gasteiger partial charge is 0.381 e. The summed E-state index contributed by atoms with van der Waals surface area (Å²) in [6.45, 7) is 5.79. The van der Waals surface area contributed by atoms with Gasteiger partial charge in [0, 0.05) is 25.3 Å². The zero-order valence-corrected chi connectivity index (χ0v) is 11.9. The number of nitrogens with one attached hydrogen (secondary N) is 1. The summed E-state index contributed by atoms with van der Waals surface area (Å²) >= 11 is 0. The van der Waals surface area contributed by atoms with E-state index in [1.54, 1.807) is 0 Å². The molecule has 1 saturated heterocycles. The molecule has 0 aromatic heterocycles. The third-order valence-electron chi connectivity index (χ3n) is 3.63. The SMILES string of the molecule is Cc1cc(C)cc(NC(=O)CCC2CCOCC2)c1. The van der Waals surface area contributed by atoms with Gasteiger partial charge in [-0.3, -0.25) is 4.79 Å². The van der Waals surface area contributed by atoms with Crippen LogP contribution in [0.5, 0.6) is 0 Å². The molecule has 1 aromatic carbocycles. The van der Waals surface area contributed by atoms with Gasteiger partial charge in [0.1, 0.15) is 0 Å². The predicted octanol–water partition coefficient (Wildman–Crippen LogP) is 3.45.